The molecule has 1 saturated carbocycles. The Morgan fingerprint density at radius 2 is 1.90 bits per heavy atom. The fourth-order valence-electron chi connectivity index (χ4n) is 3.37. The molecule has 1 nitrogen and oxygen atoms in total. The maximum atomic E-state index is 11.5. The van der Waals surface area contributed by atoms with Crippen molar-refractivity contribution in [3.05, 3.63) is 42.0 Å². The summed E-state index contributed by atoms with van der Waals surface area (Å²) >= 11 is 0. The predicted molar refractivity (Wildman–Crippen MR) is 90.1 cm³/mol. The number of carbonyl (C=O) groups is 1. The van der Waals surface area contributed by atoms with Crippen molar-refractivity contribution in [1.29, 1.82) is 0 Å². The van der Waals surface area contributed by atoms with E-state index in [1.54, 1.807) is 6.92 Å². The van der Waals surface area contributed by atoms with E-state index in [2.05, 4.69) is 36.4 Å². The number of allylic oxidation sites excluding steroid dienone is 1. The van der Waals surface area contributed by atoms with E-state index in [0.29, 0.717) is 18.1 Å². The standard InChI is InChI=1S/C20H28O/c1-17(21)16-20(14-12-18-8-4-2-5-9-18)15-13-19-10-6-3-7-11-19/h2,4-5,8-9,12,14,19-20H,3,6-7,10-11,13,15-16H2,1H3/b14-12+/t20-/m0/s1. The molecule has 2 rings (SSSR count). The predicted octanol–water partition coefficient (Wildman–Crippen LogP) is 5.66. The van der Waals surface area contributed by atoms with E-state index in [1.807, 2.05) is 6.07 Å². The molecule has 114 valence electrons. The molecule has 1 fully saturated rings. The van der Waals surface area contributed by atoms with E-state index in [9.17, 15) is 4.79 Å². The third-order valence-corrected chi connectivity index (χ3v) is 4.58. The van der Waals surface area contributed by atoms with Crippen LogP contribution in [0, 0.1) is 11.8 Å². The van der Waals surface area contributed by atoms with Crippen LogP contribution in [-0.4, -0.2) is 5.78 Å². The van der Waals surface area contributed by atoms with Crippen LogP contribution in [0.2, 0.25) is 0 Å². The van der Waals surface area contributed by atoms with Gasteiger partial charge in [-0.25, -0.2) is 0 Å². The van der Waals surface area contributed by atoms with Crippen LogP contribution in [0.5, 0.6) is 0 Å². The van der Waals surface area contributed by atoms with Crippen LogP contribution in [0.1, 0.15) is 63.9 Å². The minimum atomic E-state index is 0.307. The van der Waals surface area contributed by atoms with E-state index < -0.39 is 0 Å². The van der Waals surface area contributed by atoms with Gasteiger partial charge in [0.05, 0.1) is 0 Å². The van der Waals surface area contributed by atoms with Crippen LogP contribution in [0.3, 0.4) is 0 Å². The number of benzene rings is 1. The number of ketones is 1. The van der Waals surface area contributed by atoms with Gasteiger partial charge in [0.1, 0.15) is 5.78 Å². The molecule has 0 amide bonds. The normalized spacial score (nSPS) is 18.0. The third kappa shape index (κ3) is 6.29. The summed E-state index contributed by atoms with van der Waals surface area (Å²) in [5.74, 6) is 1.62. The topological polar surface area (TPSA) is 17.1 Å². The van der Waals surface area contributed by atoms with Gasteiger partial charge in [0.25, 0.3) is 0 Å². The highest BCUT2D eigenvalue weighted by Crippen LogP contribution is 2.29. The summed E-state index contributed by atoms with van der Waals surface area (Å²) in [4.78, 5) is 11.5. The molecule has 1 aliphatic rings. The first-order valence-electron chi connectivity index (χ1n) is 8.46. The summed E-state index contributed by atoms with van der Waals surface area (Å²) in [6, 6.07) is 10.4. The lowest BCUT2D eigenvalue weighted by Gasteiger charge is -2.23. The molecule has 0 aliphatic heterocycles. The molecule has 0 aromatic heterocycles. The maximum absolute atomic E-state index is 11.5. The molecule has 0 bridgehead atoms. The monoisotopic (exact) mass is 284 g/mol. The maximum Gasteiger partial charge on any atom is 0.130 e. The lowest BCUT2D eigenvalue weighted by molar-refractivity contribution is -0.117. The Balaban J connectivity index is 1.87. The molecule has 1 heteroatoms. The molecule has 0 saturated heterocycles. The second-order valence-corrected chi connectivity index (χ2v) is 6.52. The van der Waals surface area contributed by atoms with Crippen LogP contribution in [0.15, 0.2) is 36.4 Å². The Morgan fingerprint density at radius 3 is 2.57 bits per heavy atom. The van der Waals surface area contributed by atoms with Crippen molar-refractivity contribution in [2.75, 3.05) is 0 Å². The minimum absolute atomic E-state index is 0.307. The summed E-state index contributed by atoms with van der Waals surface area (Å²) in [6.07, 6.45) is 14.6. The summed E-state index contributed by atoms with van der Waals surface area (Å²) < 4.78 is 0. The Kier molecular flexibility index (Phi) is 6.72. The highest BCUT2D eigenvalue weighted by molar-refractivity contribution is 5.76. The van der Waals surface area contributed by atoms with Gasteiger partial charge >= 0.3 is 0 Å². The zero-order valence-corrected chi connectivity index (χ0v) is 13.3. The SMILES string of the molecule is CC(=O)C[C@@H](/C=C/c1ccccc1)CCC1CCCCC1. The highest BCUT2D eigenvalue weighted by Gasteiger charge is 2.16. The molecule has 1 aliphatic carbocycles. The first-order chi connectivity index (χ1) is 10.2. The number of rotatable bonds is 7. The van der Waals surface area contributed by atoms with Crippen molar-refractivity contribution in [1.82, 2.24) is 0 Å². The molecular formula is C20H28O. The molecule has 0 spiro atoms. The number of carbonyl (C=O) groups excluding carboxylic acids is 1. The lowest BCUT2D eigenvalue weighted by atomic mass is 9.83. The van der Waals surface area contributed by atoms with Gasteiger partial charge in [-0.2, -0.15) is 0 Å². The Labute approximate surface area is 129 Å². The lowest BCUT2D eigenvalue weighted by Crippen LogP contribution is -2.10. The van der Waals surface area contributed by atoms with E-state index in [0.717, 1.165) is 12.3 Å². The van der Waals surface area contributed by atoms with Crippen molar-refractivity contribution in [3.63, 3.8) is 0 Å². The van der Waals surface area contributed by atoms with Crippen LogP contribution >= 0.6 is 0 Å². The van der Waals surface area contributed by atoms with Crippen molar-refractivity contribution < 1.29 is 4.79 Å². The molecule has 0 unspecified atom stereocenters. The quantitative estimate of drug-likeness (QED) is 0.631. The van der Waals surface area contributed by atoms with Crippen LogP contribution in [-0.2, 0) is 4.79 Å². The summed E-state index contributed by atoms with van der Waals surface area (Å²) in [5.41, 5.74) is 1.23. The molecule has 0 N–H and O–H groups in total. The molecule has 0 heterocycles. The minimum Gasteiger partial charge on any atom is -0.300 e. The molecular weight excluding hydrogens is 256 g/mol. The average molecular weight is 284 g/mol. The van der Waals surface area contributed by atoms with Crippen molar-refractivity contribution in [2.24, 2.45) is 11.8 Å². The zero-order valence-electron chi connectivity index (χ0n) is 13.3. The highest BCUT2D eigenvalue weighted by atomic mass is 16.1. The van der Waals surface area contributed by atoms with Gasteiger partial charge in [0.15, 0.2) is 0 Å². The van der Waals surface area contributed by atoms with Gasteiger partial charge in [-0.3, -0.25) is 0 Å². The Hall–Kier alpha value is -1.37. The summed E-state index contributed by atoms with van der Waals surface area (Å²) in [7, 11) is 0. The van der Waals surface area contributed by atoms with Crippen LogP contribution in [0.25, 0.3) is 6.08 Å². The van der Waals surface area contributed by atoms with Gasteiger partial charge in [0, 0.05) is 6.42 Å². The molecule has 1 aromatic carbocycles. The van der Waals surface area contributed by atoms with Crippen LogP contribution < -0.4 is 0 Å². The fraction of sp³-hybridized carbons (Fsp3) is 0.550. The Bertz CT molecular complexity index is 440. The van der Waals surface area contributed by atoms with Gasteiger partial charge in [0.2, 0.25) is 0 Å². The second-order valence-electron chi connectivity index (χ2n) is 6.52. The van der Waals surface area contributed by atoms with Crippen molar-refractivity contribution in [3.8, 4) is 0 Å². The Morgan fingerprint density at radius 1 is 1.19 bits per heavy atom. The summed E-state index contributed by atoms with van der Waals surface area (Å²) in [5, 5.41) is 0. The first kappa shape index (κ1) is 16.0. The van der Waals surface area contributed by atoms with E-state index in [4.69, 9.17) is 0 Å². The smallest absolute Gasteiger partial charge is 0.130 e. The number of hydrogen-bond acceptors (Lipinski definition) is 1. The average Bonchev–Trinajstić information content (AvgIpc) is 2.51. The van der Waals surface area contributed by atoms with E-state index in [-0.39, 0.29) is 0 Å². The van der Waals surface area contributed by atoms with Crippen LogP contribution in [0.4, 0.5) is 0 Å². The van der Waals surface area contributed by atoms with Gasteiger partial charge in [-0.15, -0.1) is 0 Å². The van der Waals surface area contributed by atoms with Crippen molar-refractivity contribution in [2.45, 2.75) is 58.3 Å². The van der Waals surface area contributed by atoms with Crippen molar-refractivity contribution >= 4 is 11.9 Å². The zero-order chi connectivity index (χ0) is 14.9. The number of Topliss-reactive ketones (excluding diaryl/α,β-unsaturated/α-hetero) is 1. The number of hydrogen-bond donors (Lipinski definition) is 0. The molecule has 21 heavy (non-hydrogen) atoms. The fourth-order valence-corrected chi connectivity index (χ4v) is 3.37. The largest absolute Gasteiger partial charge is 0.300 e. The van der Waals surface area contributed by atoms with E-state index in [1.165, 1.54) is 44.1 Å². The summed E-state index contributed by atoms with van der Waals surface area (Å²) in [6.45, 7) is 1.71. The molecule has 1 atom stereocenters. The van der Waals surface area contributed by atoms with Gasteiger partial charge < -0.3 is 4.79 Å². The first-order valence-corrected chi connectivity index (χ1v) is 8.46. The van der Waals surface area contributed by atoms with E-state index >= 15 is 0 Å². The van der Waals surface area contributed by atoms with Gasteiger partial charge in [-0.05, 0) is 37.2 Å². The molecule has 0 radical (unpaired) electrons. The molecule has 1 aromatic rings. The van der Waals surface area contributed by atoms with Gasteiger partial charge in [-0.1, -0.05) is 74.6 Å². The second kappa shape index (κ2) is 8.81. The third-order valence-electron chi connectivity index (χ3n) is 4.58.